The fourth-order valence-electron chi connectivity index (χ4n) is 2.30. The van der Waals surface area contributed by atoms with Gasteiger partial charge in [-0.25, -0.2) is 4.99 Å². The van der Waals surface area contributed by atoms with Gasteiger partial charge in [-0.1, -0.05) is 27.5 Å². The average molecular weight is 438 g/mol. The predicted octanol–water partition coefficient (Wildman–Crippen LogP) is 4.72. The topological polar surface area (TPSA) is 59.9 Å². The SMILES string of the molecule is O=C1NC(=Nc2ccc(Cl)cc2)S/C1=C\c1cc2c(cc1Br)OCO2. The summed E-state index contributed by atoms with van der Waals surface area (Å²) in [4.78, 5) is 17.2. The molecule has 1 saturated heterocycles. The van der Waals surface area contributed by atoms with Gasteiger partial charge in [-0.15, -0.1) is 0 Å². The Morgan fingerprint density at radius 1 is 1.20 bits per heavy atom. The zero-order valence-electron chi connectivity index (χ0n) is 12.6. The number of amidine groups is 1. The van der Waals surface area contributed by atoms with Gasteiger partial charge in [0.05, 0.1) is 10.6 Å². The highest BCUT2D eigenvalue weighted by atomic mass is 79.9. The van der Waals surface area contributed by atoms with Gasteiger partial charge in [-0.2, -0.15) is 0 Å². The summed E-state index contributed by atoms with van der Waals surface area (Å²) in [7, 11) is 0. The molecule has 2 aromatic rings. The Labute approximate surface area is 161 Å². The largest absolute Gasteiger partial charge is 0.454 e. The molecule has 2 heterocycles. The van der Waals surface area contributed by atoms with Crippen LogP contribution < -0.4 is 14.8 Å². The molecule has 126 valence electrons. The monoisotopic (exact) mass is 436 g/mol. The van der Waals surface area contributed by atoms with Gasteiger partial charge in [0.1, 0.15) is 0 Å². The van der Waals surface area contributed by atoms with Crippen molar-refractivity contribution < 1.29 is 14.3 Å². The first kappa shape index (κ1) is 16.5. The molecule has 1 amide bonds. The van der Waals surface area contributed by atoms with Crippen LogP contribution in [-0.2, 0) is 4.79 Å². The van der Waals surface area contributed by atoms with E-state index < -0.39 is 0 Å². The molecule has 2 aromatic carbocycles. The number of fused-ring (bicyclic) bond motifs is 1. The number of hydrogen-bond acceptors (Lipinski definition) is 5. The van der Waals surface area contributed by atoms with Crippen LogP contribution in [0.3, 0.4) is 0 Å². The molecule has 0 aliphatic carbocycles. The molecule has 0 unspecified atom stereocenters. The first-order valence-corrected chi connectivity index (χ1v) is 9.21. The first-order chi connectivity index (χ1) is 12.1. The van der Waals surface area contributed by atoms with Crippen molar-refractivity contribution in [2.45, 2.75) is 0 Å². The quantitative estimate of drug-likeness (QED) is 0.691. The molecule has 1 fully saturated rings. The van der Waals surface area contributed by atoms with Gasteiger partial charge in [0.2, 0.25) is 6.79 Å². The van der Waals surface area contributed by atoms with Gasteiger partial charge in [-0.3, -0.25) is 4.79 Å². The van der Waals surface area contributed by atoms with E-state index in [0.29, 0.717) is 26.6 Å². The number of halogens is 2. The van der Waals surface area contributed by atoms with Crippen molar-refractivity contribution in [2.24, 2.45) is 4.99 Å². The molecule has 0 spiro atoms. The normalized spacial score (nSPS) is 18.9. The van der Waals surface area contributed by atoms with Crippen LogP contribution in [0.5, 0.6) is 11.5 Å². The Morgan fingerprint density at radius 3 is 2.68 bits per heavy atom. The minimum absolute atomic E-state index is 0.192. The van der Waals surface area contributed by atoms with E-state index in [0.717, 1.165) is 15.7 Å². The summed E-state index contributed by atoms with van der Waals surface area (Å²) in [5, 5.41) is 3.92. The summed E-state index contributed by atoms with van der Waals surface area (Å²) >= 11 is 10.6. The maximum absolute atomic E-state index is 12.2. The Hall–Kier alpha value is -1.96. The van der Waals surface area contributed by atoms with Gasteiger partial charge in [-0.05, 0) is 59.8 Å². The van der Waals surface area contributed by atoms with Crippen molar-refractivity contribution in [3.8, 4) is 11.5 Å². The fraction of sp³-hybridized carbons (Fsp3) is 0.0588. The predicted molar refractivity (Wildman–Crippen MR) is 103 cm³/mol. The molecule has 0 saturated carbocycles. The molecule has 5 nitrogen and oxygen atoms in total. The minimum atomic E-state index is -0.192. The number of aliphatic imine (C=N–C) groups is 1. The zero-order valence-corrected chi connectivity index (χ0v) is 15.7. The summed E-state index contributed by atoms with van der Waals surface area (Å²) in [5.74, 6) is 1.15. The van der Waals surface area contributed by atoms with E-state index in [-0.39, 0.29) is 12.7 Å². The number of hydrogen-bond donors (Lipinski definition) is 1. The van der Waals surface area contributed by atoms with Gasteiger partial charge >= 0.3 is 0 Å². The summed E-state index contributed by atoms with van der Waals surface area (Å²) in [6, 6.07) is 10.7. The van der Waals surface area contributed by atoms with E-state index in [1.54, 1.807) is 30.3 Å². The van der Waals surface area contributed by atoms with Crippen molar-refractivity contribution in [1.29, 1.82) is 0 Å². The van der Waals surface area contributed by atoms with Crippen LogP contribution >= 0.6 is 39.3 Å². The molecule has 0 atom stereocenters. The number of benzene rings is 2. The molecule has 4 rings (SSSR count). The van der Waals surface area contributed by atoms with Crippen molar-refractivity contribution in [3.05, 3.63) is 56.4 Å². The number of nitrogens with zero attached hydrogens (tertiary/aromatic N) is 1. The van der Waals surface area contributed by atoms with E-state index in [9.17, 15) is 4.79 Å². The number of nitrogens with one attached hydrogen (secondary N) is 1. The second kappa shape index (κ2) is 6.74. The lowest BCUT2D eigenvalue weighted by Crippen LogP contribution is -2.19. The molecule has 0 aromatic heterocycles. The summed E-state index contributed by atoms with van der Waals surface area (Å²) in [5.41, 5.74) is 1.55. The van der Waals surface area contributed by atoms with Gasteiger partial charge in [0.25, 0.3) is 5.91 Å². The fourth-order valence-corrected chi connectivity index (χ4v) is 3.69. The maximum atomic E-state index is 12.2. The van der Waals surface area contributed by atoms with Crippen LogP contribution in [0.25, 0.3) is 6.08 Å². The van der Waals surface area contributed by atoms with Crippen LogP contribution in [0.1, 0.15) is 5.56 Å². The van der Waals surface area contributed by atoms with Crippen LogP contribution in [0.2, 0.25) is 5.02 Å². The van der Waals surface area contributed by atoms with E-state index in [2.05, 4.69) is 26.2 Å². The molecule has 0 radical (unpaired) electrons. The number of ether oxygens (including phenoxy) is 2. The van der Waals surface area contributed by atoms with E-state index in [1.807, 2.05) is 12.1 Å². The molecule has 2 aliphatic rings. The van der Waals surface area contributed by atoms with Gasteiger partial charge in [0.15, 0.2) is 16.7 Å². The highest BCUT2D eigenvalue weighted by molar-refractivity contribution is 9.10. The maximum Gasteiger partial charge on any atom is 0.264 e. The highest BCUT2D eigenvalue weighted by Gasteiger charge is 2.25. The van der Waals surface area contributed by atoms with Crippen molar-refractivity contribution in [3.63, 3.8) is 0 Å². The number of carbonyl (C=O) groups is 1. The minimum Gasteiger partial charge on any atom is -0.454 e. The molecule has 0 bridgehead atoms. The number of carbonyl (C=O) groups excluding carboxylic acids is 1. The van der Waals surface area contributed by atoms with Gasteiger partial charge < -0.3 is 14.8 Å². The van der Waals surface area contributed by atoms with Crippen LogP contribution in [0, 0.1) is 0 Å². The van der Waals surface area contributed by atoms with Gasteiger partial charge in [0, 0.05) is 9.50 Å². The lowest BCUT2D eigenvalue weighted by atomic mass is 10.2. The van der Waals surface area contributed by atoms with E-state index in [4.69, 9.17) is 21.1 Å². The summed E-state index contributed by atoms with van der Waals surface area (Å²) in [6.07, 6.45) is 1.79. The second-order valence-electron chi connectivity index (χ2n) is 5.19. The smallest absolute Gasteiger partial charge is 0.264 e. The molecular weight excluding hydrogens is 428 g/mol. The summed E-state index contributed by atoms with van der Waals surface area (Å²) in [6.45, 7) is 0.203. The number of amides is 1. The highest BCUT2D eigenvalue weighted by Crippen LogP contribution is 2.39. The Morgan fingerprint density at radius 2 is 1.92 bits per heavy atom. The standard InChI is InChI=1S/C17H10BrClN2O3S/c18-12-7-14-13(23-8-24-14)5-9(12)6-15-16(22)21-17(25-15)20-11-3-1-10(19)2-4-11/h1-7H,8H2,(H,20,21,22)/b15-6-. The van der Waals surface area contributed by atoms with Crippen LogP contribution in [0.15, 0.2) is 50.8 Å². The van der Waals surface area contributed by atoms with Crippen LogP contribution in [0.4, 0.5) is 5.69 Å². The Balaban J connectivity index is 1.60. The van der Waals surface area contributed by atoms with Crippen molar-refractivity contribution in [1.82, 2.24) is 5.32 Å². The second-order valence-corrected chi connectivity index (χ2v) is 7.51. The lowest BCUT2D eigenvalue weighted by Gasteiger charge is -2.02. The Bertz CT molecular complexity index is 928. The number of rotatable bonds is 2. The average Bonchev–Trinajstić information content (AvgIpc) is 3.16. The van der Waals surface area contributed by atoms with Crippen molar-refractivity contribution in [2.75, 3.05) is 6.79 Å². The molecule has 1 N–H and O–H groups in total. The van der Waals surface area contributed by atoms with E-state index in [1.165, 1.54) is 11.8 Å². The first-order valence-electron chi connectivity index (χ1n) is 7.23. The molecule has 25 heavy (non-hydrogen) atoms. The molecular formula is C17H10BrClN2O3S. The lowest BCUT2D eigenvalue weighted by molar-refractivity contribution is -0.115. The molecule has 8 heteroatoms. The third kappa shape index (κ3) is 3.53. The number of thioether (sulfide) groups is 1. The summed E-state index contributed by atoms with van der Waals surface area (Å²) < 4.78 is 11.5. The van der Waals surface area contributed by atoms with E-state index >= 15 is 0 Å². The molecule has 2 aliphatic heterocycles. The third-order valence-electron chi connectivity index (χ3n) is 3.49. The van der Waals surface area contributed by atoms with Crippen molar-refractivity contribution >= 4 is 62.1 Å². The van der Waals surface area contributed by atoms with Crippen LogP contribution in [-0.4, -0.2) is 17.9 Å². The third-order valence-corrected chi connectivity index (χ3v) is 5.34. The zero-order chi connectivity index (χ0) is 17.4. The Kier molecular flexibility index (Phi) is 4.45.